The molecule has 1 aliphatic carbocycles. The second-order valence-corrected chi connectivity index (χ2v) is 8.44. The van der Waals surface area contributed by atoms with Crippen molar-refractivity contribution in [1.29, 1.82) is 0 Å². The SMILES string of the molecule is CC(CC1=CC=CC1)Nc1cc(Cn2nnc(-c3ccc(F)cc3)c2-c2ccncc2)ccn1. The smallest absolute Gasteiger partial charge is 0.126 e. The number of nitrogens with zero attached hydrogens (tertiary/aromatic N) is 5. The molecule has 5 rings (SSSR count). The van der Waals surface area contributed by atoms with Gasteiger partial charge in [0, 0.05) is 35.8 Å². The molecule has 0 saturated heterocycles. The first-order chi connectivity index (χ1) is 16.7. The topological polar surface area (TPSA) is 68.5 Å². The zero-order valence-corrected chi connectivity index (χ0v) is 18.9. The van der Waals surface area contributed by atoms with Gasteiger partial charge in [-0.2, -0.15) is 0 Å². The summed E-state index contributed by atoms with van der Waals surface area (Å²) in [6.45, 7) is 2.69. The summed E-state index contributed by atoms with van der Waals surface area (Å²) in [5.74, 6) is 0.550. The van der Waals surface area contributed by atoms with Gasteiger partial charge in [-0.15, -0.1) is 5.10 Å². The minimum atomic E-state index is -0.284. The van der Waals surface area contributed by atoms with Crippen molar-refractivity contribution in [2.75, 3.05) is 5.32 Å². The number of benzene rings is 1. The predicted molar refractivity (Wildman–Crippen MR) is 132 cm³/mol. The second kappa shape index (κ2) is 9.79. The molecule has 0 bridgehead atoms. The molecule has 4 aromatic rings. The van der Waals surface area contributed by atoms with Crippen molar-refractivity contribution in [1.82, 2.24) is 25.0 Å². The summed E-state index contributed by atoms with van der Waals surface area (Å²) in [4.78, 5) is 8.64. The van der Waals surface area contributed by atoms with E-state index in [-0.39, 0.29) is 11.9 Å². The second-order valence-electron chi connectivity index (χ2n) is 8.44. The molecule has 3 heterocycles. The Morgan fingerprint density at radius 3 is 2.62 bits per heavy atom. The van der Waals surface area contributed by atoms with Crippen LogP contribution in [0.4, 0.5) is 10.2 Å². The van der Waals surface area contributed by atoms with Crippen LogP contribution in [0.2, 0.25) is 0 Å². The fourth-order valence-electron chi connectivity index (χ4n) is 4.19. The number of halogens is 1. The lowest BCUT2D eigenvalue weighted by Gasteiger charge is -2.16. The van der Waals surface area contributed by atoms with Gasteiger partial charge in [0.25, 0.3) is 0 Å². The van der Waals surface area contributed by atoms with Gasteiger partial charge in [0.05, 0.1) is 12.2 Å². The Bertz CT molecular complexity index is 1330. The van der Waals surface area contributed by atoms with Crippen LogP contribution < -0.4 is 5.32 Å². The Morgan fingerprint density at radius 2 is 1.85 bits per heavy atom. The predicted octanol–water partition coefficient (Wildman–Crippen LogP) is 5.67. The van der Waals surface area contributed by atoms with Gasteiger partial charge < -0.3 is 5.32 Å². The van der Waals surface area contributed by atoms with E-state index in [1.807, 2.05) is 35.1 Å². The monoisotopic (exact) mass is 452 g/mol. The lowest BCUT2D eigenvalue weighted by Crippen LogP contribution is -2.17. The van der Waals surface area contributed by atoms with E-state index in [1.54, 1.807) is 24.5 Å². The number of allylic oxidation sites excluding steroid dienone is 3. The van der Waals surface area contributed by atoms with Crippen molar-refractivity contribution in [3.63, 3.8) is 0 Å². The van der Waals surface area contributed by atoms with Gasteiger partial charge in [0.1, 0.15) is 17.3 Å². The summed E-state index contributed by atoms with van der Waals surface area (Å²) in [5, 5.41) is 12.4. The molecule has 0 fully saturated rings. The highest BCUT2D eigenvalue weighted by Gasteiger charge is 2.17. The first kappa shape index (κ1) is 21.7. The Labute approximate surface area is 197 Å². The first-order valence-electron chi connectivity index (χ1n) is 11.3. The van der Waals surface area contributed by atoms with Crippen molar-refractivity contribution >= 4 is 5.82 Å². The zero-order valence-electron chi connectivity index (χ0n) is 18.9. The van der Waals surface area contributed by atoms with Gasteiger partial charge in [-0.1, -0.05) is 29.0 Å². The van der Waals surface area contributed by atoms with Crippen molar-refractivity contribution in [2.24, 2.45) is 0 Å². The summed E-state index contributed by atoms with van der Waals surface area (Å²) in [7, 11) is 0. The standard InChI is InChI=1S/C27H25FN6/c1-19(16-20-4-2-3-5-20)31-25-17-21(10-15-30-25)18-34-27(23-11-13-29-14-12-23)26(32-33-34)22-6-8-24(28)9-7-22/h2-4,6-15,17,19H,5,16,18H2,1H3,(H,30,31). The van der Waals surface area contributed by atoms with Gasteiger partial charge in [0.15, 0.2) is 0 Å². The van der Waals surface area contributed by atoms with Crippen LogP contribution in [0.3, 0.4) is 0 Å². The van der Waals surface area contributed by atoms with Crippen LogP contribution in [-0.4, -0.2) is 31.0 Å². The highest BCUT2D eigenvalue weighted by molar-refractivity contribution is 5.77. The average Bonchev–Trinajstić information content (AvgIpc) is 3.50. The maximum Gasteiger partial charge on any atom is 0.126 e. The Balaban J connectivity index is 1.41. The third-order valence-corrected chi connectivity index (χ3v) is 5.77. The Morgan fingerprint density at radius 1 is 1.03 bits per heavy atom. The molecule has 6 nitrogen and oxygen atoms in total. The van der Waals surface area contributed by atoms with Crippen LogP contribution in [0.25, 0.3) is 22.5 Å². The molecule has 1 aromatic carbocycles. The minimum absolute atomic E-state index is 0.276. The summed E-state index contributed by atoms with van der Waals surface area (Å²) in [6, 6.07) is 14.5. The van der Waals surface area contributed by atoms with Gasteiger partial charge in [-0.3, -0.25) is 4.98 Å². The molecule has 0 radical (unpaired) electrons. The van der Waals surface area contributed by atoms with Gasteiger partial charge in [0.2, 0.25) is 0 Å². The lowest BCUT2D eigenvalue weighted by atomic mass is 10.1. The molecule has 3 aromatic heterocycles. The molecule has 1 unspecified atom stereocenters. The van der Waals surface area contributed by atoms with Crippen molar-refractivity contribution in [3.8, 4) is 22.5 Å². The number of pyridine rings is 2. The summed E-state index contributed by atoms with van der Waals surface area (Å²) in [6.07, 6.45) is 13.8. The van der Waals surface area contributed by atoms with E-state index in [9.17, 15) is 4.39 Å². The molecule has 170 valence electrons. The minimum Gasteiger partial charge on any atom is -0.367 e. The Hall–Kier alpha value is -4.13. The van der Waals surface area contributed by atoms with Crippen molar-refractivity contribution in [2.45, 2.75) is 32.4 Å². The molecule has 34 heavy (non-hydrogen) atoms. The summed E-state index contributed by atoms with van der Waals surface area (Å²) >= 11 is 0. The number of hydrogen-bond donors (Lipinski definition) is 1. The van der Waals surface area contributed by atoms with Crippen molar-refractivity contribution < 1.29 is 4.39 Å². The van der Waals surface area contributed by atoms with E-state index in [0.29, 0.717) is 12.2 Å². The quantitative estimate of drug-likeness (QED) is 0.373. The number of nitrogens with one attached hydrogen (secondary N) is 1. The van der Waals surface area contributed by atoms with E-state index in [4.69, 9.17) is 0 Å². The van der Waals surface area contributed by atoms with Crippen LogP contribution in [0, 0.1) is 5.82 Å². The third kappa shape index (κ3) is 4.93. The molecule has 0 spiro atoms. The van der Waals surface area contributed by atoms with E-state index in [2.05, 4.69) is 50.7 Å². The molecular formula is C27H25FN6. The summed E-state index contributed by atoms with van der Waals surface area (Å²) < 4.78 is 15.4. The van der Waals surface area contributed by atoms with E-state index < -0.39 is 0 Å². The highest BCUT2D eigenvalue weighted by atomic mass is 19.1. The van der Waals surface area contributed by atoms with E-state index >= 15 is 0 Å². The molecule has 1 atom stereocenters. The molecule has 7 heteroatoms. The van der Waals surface area contributed by atoms with Crippen molar-refractivity contribution in [3.05, 3.63) is 102 Å². The molecular weight excluding hydrogens is 427 g/mol. The third-order valence-electron chi connectivity index (χ3n) is 5.77. The van der Waals surface area contributed by atoms with E-state index in [1.165, 1.54) is 17.7 Å². The lowest BCUT2D eigenvalue weighted by molar-refractivity contribution is 0.628. The molecule has 0 saturated carbocycles. The fourth-order valence-corrected chi connectivity index (χ4v) is 4.19. The van der Waals surface area contributed by atoms with E-state index in [0.717, 1.165) is 41.0 Å². The van der Waals surface area contributed by atoms with Crippen LogP contribution in [0.1, 0.15) is 25.3 Å². The molecule has 0 aliphatic heterocycles. The number of anilines is 1. The van der Waals surface area contributed by atoms with Crippen LogP contribution in [0.15, 0.2) is 90.9 Å². The number of hydrogen-bond acceptors (Lipinski definition) is 5. The molecule has 0 amide bonds. The van der Waals surface area contributed by atoms with Gasteiger partial charge in [-0.25, -0.2) is 14.1 Å². The number of rotatable bonds is 8. The van der Waals surface area contributed by atoms with Gasteiger partial charge in [-0.05, 0) is 73.9 Å². The number of aromatic nitrogens is 5. The Kier molecular flexibility index (Phi) is 6.25. The van der Waals surface area contributed by atoms with Crippen LogP contribution in [-0.2, 0) is 6.54 Å². The fraction of sp³-hybridized carbons (Fsp3) is 0.185. The highest BCUT2D eigenvalue weighted by Crippen LogP contribution is 2.30. The van der Waals surface area contributed by atoms with Gasteiger partial charge >= 0.3 is 0 Å². The average molecular weight is 453 g/mol. The molecule has 1 aliphatic rings. The summed E-state index contributed by atoms with van der Waals surface area (Å²) in [5.41, 5.74) is 5.78. The first-order valence-corrected chi connectivity index (χ1v) is 11.3. The zero-order chi connectivity index (χ0) is 23.3. The largest absolute Gasteiger partial charge is 0.367 e. The van der Waals surface area contributed by atoms with Crippen LogP contribution in [0.5, 0.6) is 0 Å². The maximum atomic E-state index is 13.5. The molecule has 1 N–H and O–H groups in total. The normalized spacial score (nSPS) is 13.6. The van der Waals surface area contributed by atoms with Crippen LogP contribution >= 0.6 is 0 Å². The maximum absolute atomic E-state index is 13.5.